The van der Waals surface area contributed by atoms with E-state index in [1.165, 1.54) is 6.26 Å². The van der Waals surface area contributed by atoms with E-state index in [4.69, 9.17) is 19.6 Å². The number of ether oxygens (including phenoxy) is 2. The molecule has 2 atom stereocenters. The van der Waals surface area contributed by atoms with Crippen molar-refractivity contribution in [3.63, 3.8) is 0 Å². The molecule has 26 heavy (non-hydrogen) atoms. The van der Waals surface area contributed by atoms with E-state index < -0.39 is 29.9 Å². The number of nitrogens with one attached hydrogen (secondary N) is 1. The van der Waals surface area contributed by atoms with Crippen molar-refractivity contribution >= 4 is 17.8 Å². The van der Waals surface area contributed by atoms with Crippen LogP contribution in [0.5, 0.6) is 0 Å². The first-order chi connectivity index (χ1) is 12.4. The monoisotopic (exact) mass is 369 g/mol. The molecule has 0 aliphatic heterocycles. The Hall–Kier alpha value is -2.42. The fourth-order valence-corrected chi connectivity index (χ4v) is 2.22. The van der Waals surface area contributed by atoms with Gasteiger partial charge in [0.05, 0.1) is 19.3 Å². The van der Waals surface area contributed by atoms with Crippen molar-refractivity contribution in [3.8, 4) is 0 Å². The fraction of sp³-hybridized carbons (Fsp3) is 0.647. The minimum atomic E-state index is -0.990. The smallest absolute Gasteiger partial charge is 0.328 e. The van der Waals surface area contributed by atoms with E-state index in [1.807, 2.05) is 6.92 Å². The molecule has 1 heterocycles. The average molecular weight is 369 g/mol. The zero-order valence-electron chi connectivity index (χ0n) is 15.4. The molecule has 3 N–H and O–H groups in total. The summed E-state index contributed by atoms with van der Waals surface area (Å²) < 4.78 is 15.0. The Kier molecular flexibility index (Phi) is 9.35. The van der Waals surface area contributed by atoms with Crippen LogP contribution in [0.15, 0.2) is 10.7 Å². The first kappa shape index (κ1) is 21.6. The number of carbonyl (C=O) groups excluding carboxylic acids is 3. The van der Waals surface area contributed by atoms with Crippen LogP contribution in [0.1, 0.15) is 68.9 Å². The van der Waals surface area contributed by atoms with Gasteiger partial charge in [-0.3, -0.25) is 9.59 Å². The molecule has 0 aromatic carbocycles. The molecule has 9 heteroatoms. The molecule has 146 valence electrons. The van der Waals surface area contributed by atoms with E-state index in [9.17, 15) is 14.4 Å². The summed E-state index contributed by atoms with van der Waals surface area (Å²) in [6.45, 7) is 5.72. The summed E-state index contributed by atoms with van der Waals surface area (Å²) in [6.07, 6.45) is 2.75. The molecule has 0 aliphatic rings. The van der Waals surface area contributed by atoms with Crippen molar-refractivity contribution in [2.24, 2.45) is 5.73 Å². The predicted octanol–water partition coefficient (Wildman–Crippen LogP) is 1.48. The lowest BCUT2D eigenvalue weighted by molar-refractivity contribution is -0.146. The normalized spacial score (nSPS) is 12.9. The lowest BCUT2D eigenvalue weighted by Crippen LogP contribution is -2.42. The average Bonchev–Trinajstić information content (AvgIpc) is 3.09. The quantitative estimate of drug-likeness (QED) is 0.560. The molecule has 1 amide bonds. The molecular weight excluding hydrogens is 342 g/mol. The second kappa shape index (κ2) is 11.2. The van der Waals surface area contributed by atoms with E-state index in [0.29, 0.717) is 6.42 Å². The van der Waals surface area contributed by atoms with Crippen molar-refractivity contribution < 1.29 is 28.3 Å². The molecule has 9 nitrogen and oxygen atoms in total. The van der Waals surface area contributed by atoms with Crippen LogP contribution in [0.4, 0.5) is 0 Å². The largest absolute Gasteiger partial charge is 0.466 e. The van der Waals surface area contributed by atoms with Crippen LogP contribution in [0.2, 0.25) is 0 Å². The zero-order valence-corrected chi connectivity index (χ0v) is 15.4. The van der Waals surface area contributed by atoms with E-state index in [-0.39, 0.29) is 37.6 Å². The van der Waals surface area contributed by atoms with Gasteiger partial charge in [0, 0.05) is 6.42 Å². The Morgan fingerprint density at radius 3 is 2.50 bits per heavy atom. The second-order valence-corrected chi connectivity index (χ2v) is 5.59. The number of hydrogen-bond acceptors (Lipinski definition) is 8. The lowest BCUT2D eigenvalue weighted by Gasteiger charge is -2.16. The number of rotatable bonds is 11. The molecule has 1 aromatic rings. The van der Waals surface area contributed by atoms with Crippen LogP contribution in [0, 0.1) is 0 Å². The molecule has 0 bridgehead atoms. The van der Waals surface area contributed by atoms with Crippen LogP contribution in [-0.4, -0.2) is 42.1 Å². The molecule has 1 rings (SSSR count). The van der Waals surface area contributed by atoms with Gasteiger partial charge in [-0.25, -0.2) is 9.78 Å². The Morgan fingerprint density at radius 2 is 1.88 bits per heavy atom. The lowest BCUT2D eigenvalue weighted by atomic mass is 10.1. The van der Waals surface area contributed by atoms with Crippen molar-refractivity contribution in [2.45, 2.75) is 58.5 Å². The third-order valence-corrected chi connectivity index (χ3v) is 3.49. The van der Waals surface area contributed by atoms with Crippen molar-refractivity contribution in [2.75, 3.05) is 13.2 Å². The Balaban J connectivity index is 2.74. The van der Waals surface area contributed by atoms with Crippen LogP contribution < -0.4 is 11.1 Å². The van der Waals surface area contributed by atoms with E-state index in [0.717, 1.165) is 6.42 Å². The van der Waals surface area contributed by atoms with Gasteiger partial charge in [0.2, 0.25) is 5.89 Å². The highest BCUT2D eigenvalue weighted by Gasteiger charge is 2.25. The van der Waals surface area contributed by atoms with E-state index in [2.05, 4.69) is 10.3 Å². The van der Waals surface area contributed by atoms with Gasteiger partial charge in [0.15, 0.2) is 5.69 Å². The van der Waals surface area contributed by atoms with Crippen molar-refractivity contribution in [1.29, 1.82) is 0 Å². The number of carbonyl (C=O) groups is 3. The number of oxazole rings is 1. The molecule has 1 aromatic heterocycles. The highest BCUT2D eigenvalue weighted by Crippen LogP contribution is 2.15. The first-order valence-corrected chi connectivity index (χ1v) is 8.76. The highest BCUT2D eigenvalue weighted by atomic mass is 16.5. The molecule has 2 unspecified atom stereocenters. The summed E-state index contributed by atoms with van der Waals surface area (Å²) in [7, 11) is 0. The summed E-state index contributed by atoms with van der Waals surface area (Å²) in [5, 5.41) is 2.52. The molecule has 0 saturated heterocycles. The minimum absolute atomic E-state index is 0.0111. The predicted molar refractivity (Wildman–Crippen MR) is 92.1 cm³/mol. The van der Waals surface area contributed by atoms with Gasteiger partial charge < -0.3 is 24.9 Å². The van der Waals surface area contributed by atoms with Gasteiger partial charge in [-0.15, -0.1) is 0 Å². The standard InChI is InChI=1S/C17H27N3O6/c1-4-7-11(18)16-20-13(10-26-16)15(22)19-12(17(23)25-6-3)8-9-14(21)24-5-2/h10-12H,4-9,18H2,1-3H3,(H,19,22). The topological polar surface area (TPSA) is 134 Å². The van der Waals surface area contributed by atoms with Gasteiger partial charge in [0.25, 0.3) is 5.91 Å². The van der Waals surface area contributed by atoms with Crippen LogP contribution in [0.25, 0.3) is 0 Å². The van der Waals surface area contributed by atoms with E-state index >= 15 is 0 Å². The molecule has 0 aliphatic carbocycles. The maximum Gasteiger partial charge on any atom is 0.328 e. The van der Waals surface area contributed by atoms with Gasteiger partial charge in [-0.2, -0.15) is 0 Å². The highest BCUT2D eigenvalue weighted by molar-refractivity contribution is 5.95. The summed E-state index contributed by atoms with van der Waals surface area (Å²) in [5.41, 5.74) is 5.92. The first-order valence-electron chi connectivity index (χ1n) is 8.76. The molecular formula is C17H27N3O6. The number of amides is 1. The third-order valence-electron chi connectivity index (χ3n) is 3.49. The zero-order chi connectivity index (χ0) is 19.5. The molecule has 0 fully saturated rings. The Morgan fingerprint density at radius 1 is 1.19 bits per heavy atom. The van der Waals surface area contributed by atoms with Gasteiger partial charge in [0.1, 0.15) is 12.3 Å². The molecule has 0 saturated carbocycles. The van der Waals surface area contributed by atoms with Gasteiger partial charge in [-0.1, -0.05) is 13.3 Å². The second-order valence-electron chi connectivity index (χ2n) is 5.59. The van der Waals surface area contributed by atoms with Crippen molar-refractivity contribution in [3.05, 3.63) is 17.8 Å². The van der Waals surface area contributed by atoms with E-state index in [1.54, 1.807) is 13.8 Å². The van der Waals surface area contributed by atoms with Gasteiger partial charge >= 0.3 is 11.9 Å². The number of aromatic nitrogens is 1. The number of nitrogens with two attached hydrogens (primary N) is 1. The van der Waals surface area contributed by atoms with Crippen LogP contribution in [0.3, 0.4) is 0 Å². The summed E-state index contributed by atoms with van der Waals surface area (Å²) in [6, 6.07) is -1.39. The number of nitrogens with zero attached hydrogens (tertiary/aromatic N) is 1. The summed E-state index contributed by atoms with van der Waals surface area (Å²) >= 11 is 0. The maximum atomic E-state index is 12.3. The summed E-state index contributed by atoms with van der Waals surface area (Å²) in [5.74, 6) is -1.43. The third kappa shape index (κ3) is 6.83. The SMILES string of the molecule is CCCC(N)c1nc(C(=O)NC(CCC(=O)OCC)C(=O)OCC)co1. The van der Waals surface area contributed by atoms with Gasteiger partial charge in [-0.05, 0) is 26.7 Å². The number of esters is 2. The molecule has 0 spiro atoms. The fourth-order valence-electron chi connectivity index (χ4n) is 2.22. The maximum absolute atomic E-state index is 12.3. The summed E-state index contributed by atoms with van der Waals surface area (Å²) in [4.78, 5) is 39.9. The van der Waals surface area contributed by atoms with Crippen molar-refractivity contribution in [1.82, 2.24) is 10.3 Å². The Bertz CT molecular complexity index is 601. The Labute approximate surface area is 152 Å². The minimum Gasteiger partial charge on any atom is -0.466 e. The van der Waals surface area contributed by atoms with Crippen LogP contribution >= 0.6 is 0 Å². The molecule has 0 radical (unpaired) electrons. The number of hydrogen-bond donors (Lipinski definition) is 2. The van der Waals surface area contributed by atoms with Crippen LogP contribution in [-0.2, 0) is 19.1 Å².